The Morgan fingerprint density at radius 3 is 2.67 bits per heavy atom. The quantitative estimate of drug-likeness (QED) is 0.873. The minimum Gasteiger partial charge on any atom is -0.497 e. The number of rotatable bonds is 5. The maximum Gasteiger partial charge on any atom is 0.129 e. The number of methoxy groups -OCH3 is 1. The van der Waals surface area contributed by atoms with Crippen molar-refractivity contribution in [2.75, 3.05) is 7.11 Å². The van der Waals surface area contributed by atoms with Crippen LogP contribution in [0.5, 0.6) is 11.5 Å². The van der Waals surface area contributed by atoms with E-state index in [-0.39, 0.29) is 12.4 Å². The molecule has 0 saturated heterocycles. The number of hydrogen-bond acceptors (Lipinski definition) is 3. The fraction of sp³-hybridized carbons (Fsp3) is 0.250. The molecule has 2 aromatic carbocycles. The van der Waals surface area contributed by atoms with Gasteiger partial charge in [0.25, 0.3) is 0 Å². The van der Waals surface area contributed by atoms with Gasteiger partial charge >= 0.3 is 0 Å². The van der Waals surface area contributed by atoms with Crippen LogP contribution in [-0.4, -0.2) is 12.2 Å². The number of aliphatic hydroxyl groups is 1. The van der Waals surface area contributed by atoms with Gasteiger partial charge in [0.05, 0.1) is 13.2 Å². The van der Waals surface area contributed by atoms with E-state index < -0.39 is 6.10 Å². The molecule has 0 radical (unpaired) electrons. The zero-order valence-corrected chi connectivity index (χ0v) is 13.4. The van der Waals surface area contributed by atoms with Gasteiger partial charge < -0.3 is 14.6 Å². The molecule has 0 aromatic heterocycles. The first-order valence-corrected chi connectivity index (χ1v) is 7.23. The minimum absolute atomic E-state index is 0.0676. The van der Waals surface area contributed by atoms with Gasteiger partial charge in [0, 0.05) is 21.7 Å². The van der Waals surface area contributed by atoms with Crippen LogP contribution in [0.4, 0.5) is 4.39 Å². The second-order valence-electron chi connectivity index (χ2n) is 4.60. The number of halogens is 2. The van der Waals surface area contributed by atoms with Crippen LogP contribution in [0.2, 0.25) is 0 Å². The number of ether oxygens (including phenoxy) is 2. The van der Waals surface area contributed by atoms with Crippen molar-refractivity contribution in [3.05, 3.63) is 57.8 Å². The molecular formula is C16H16BrFO3. The molecule has 0 amide bonds. The van der Waals surface area contributed by atoms with Gasteiger partial charge in [-0.15, -0.1) is 0 Å². The van der Waals surface area contributed by atoms with E-state index in [1.807, 2.05) is 0 Å². The highest BCUT2D eigenvalue weighted by Crippen LogP contribution is 2.30. The summed E-state index contributed by atoms with van der Waals surface area (Å²) in [5.74, 6) is 0.757. The third kappa shape index (κ3) is 3.95. The molecule has 1 atom stereocenters. The average Bonchev–Trinajstić information content (AvgIpc) is 2.47. The van der Waals surface area contributed by atoms with Crippen LogP contribution < -0.4 is 9.47 Å². The molecule has 0 bridgehead atoms. The Kier molecular flexibility index (Phi) is 5.20. The molecule has 0 aliphatic carbocycles. The van der Waals surface area contributed by atoms with Gasteiger partial charge in [0.15, 0.2) is 0 Å². The summed E-state index contributed by atoms with van der Waals surface area (Å²) in [7, 11) is 1.55. The molecule has 2 aromatic rings. The fourth-order valence-corrected chi connectivity index (χ4v) is 2.33. The number of benzene rings is 2. The van der Waals surface area contributed by atoms with Gasteiger partial charge in [-0.3, -0.25) is 0 Å². The van der Waals surface area contributed by atoms with Gasteiger partial charge in [-0.05, 0) is 37.3 Å². The highest BCUT2D eigenvalue weighted by molar-refractivity contribution is 9.10. The van der Waals surface area contributed by atoms with Crippen LogP contribution in [0.1, 0.15) is 24.2 Å². The van der Waals surface area contributed by atoms with Crippen molar-refractivity contribution in [2.24, 2.45) is 0 Å². The Labute approximate surface area is 131 Å². The van der Waals surface area contributed by atoms with Crippen LogP contribution in [0, 0.1) is 5.82 Å². The predicted molar refractivity (Wildman–Crippen MR) is 82.1 cm³/mol. The fourth-order valence-electron chi connectivity index (χ4n) is 1.92. The maximum absolute atomic E-state index is 13.7. The Morgan fingerprint density at radius 1 is 1.24 bits per heavy atom. The first-order chi connectivity index (χ1) is 10.0. The summed E-state index contributed by atoms with van der Waals surface area (Å²) >= 11 is 3.30. The van der Waals surface area contributed by atoms with Crippen molar-refractivity contribution in [2.45, 2.75) is 19.6 Å². The van der Waals surface area contributed by atoms with E-state index in [0.29, 0.717) is 22.6 Å². The lowest BCUT2D eigenvalue weighted by Gasteiger charge is -2.15. The standard InChI is InChI=1S/C16H16BrFO3/c1-10(19)14-5-4-13(20-2)8-16(14)21-9-11-7-12(17)3-6-15(11)18/h3-8,10,19H,9H2,1-2H3. The second-order valence-corrected chi connectivity index (χ2v) is 5.52. The highest BCUT2D eigenvalue weighted by atomic mass is 79.9. The van der Waals surface area contributed by atoms with Crippen molar-refractivity contribution < 1.29 is 19.0 Å². The molecule has 3 nitrogen and oxygen atoms in total. The van der Waals surface area contributed by atoms with Gasteiger partial charge in [-0.1, -0.05) is 15.9 Å². The molecule has 1 unspecified atom stereocenters. The van der Waals surface area contributed by atoms with Gasteiger partial charge in [-0.25, -0.2) is 4.39 Å². The van der Waals surface area contributed by atoms with Crippen molar-refractivity contribution in [3.8, 4) is 11.5 Å². The lowest BCUT2D eigenvalue weighted by Crippen LogP contribution is -2.03. The lowest BCUT2D eigenvalue weighted by atomic mass is 10.1. The summed E-state index contributed by atoms with van der Waals surface area (Å²) in [5.41, 5.74) is 1.06. The topological polar surface area (TPSA) is 38.7 Å². The summed E-state index contributed by atoms with van der Waals surface area (Å²) < 4.78 is 25.3. The normalized spacial score (nSPS) is 12.0. The maximum atomic E-state index is 13.7. The smallest absolute Gasteiger partial charge is 0.129 e. The third-order valence-corrected chi connectivity index (χ3v) is 3.56. The molecule has 21 heavy (non-hydrogen) atoms. The van der Waals surface area contributed by atoms with Crippen molar-refractivity contribution in [1.82, 2.24) is 0 Å². The molecule has 0 heterocycles. The van der Waals surface area contributed by atoms with E-state index in [2.05, 4.69) is 15.9 Å². The number of hydrogen-bond donors (Lipinski definition) is 1. The highest BCUT2D eigenvalue weighted by Gasteiger charge is 2.12. The Hall–Kier alpha value is -1.59. The van der Waals surface area contributed by atoms with E-state index in [9.17, 15) is 9.50 Å². The van der Waals surface area contributed by atoms with E-state index in [1.165, 1.54) is 6.07 Å². The molecule has 2 rings (SSSR count). The second kappa shape index (κ2) is 6.91. The van der Waals surface area contributed by atoms with E-state index in [1.54, 1.807) is 44.4 Å². The van der Waals surface area contributed by atoms with E-state index in [0.717, 1.165) is 4.47 Å². The number of aliphatic hydroxyl groups excluding tert-OH is 1. The molecule has 0 spiro atoms. The Balaban J connectivity index is 2.24. The van der Waals surface area contributed by atoms with Crippen LogP contribution in [-0.2, 0) is 6.61 Å². The third-order valence-electron chi connectivity index (χ3n) is 3.06. The zero-order chi connectivity index (χ0) is 15.4. The molecular weight excluding hydrogens is 339 g/mol. The minimum atomic E-state index is -0.682. The molecule has 0 aliphatic heterocycles. The molecule has 0 fully saturated rings. The molecule has 112 valence electrons. The molecule has 0 saturated carbocycles. The van der Waals surface area contributed by atoms with Crippen LogP contribution >= 0.6 is 15.9 Å². The Morgan fingerprint density at radius 2 is 2.00 bits per heavy atom. The summed E-state index contributed by atoms with van der Waals surface area (Å²) in [5, 5.41) is 9.76. The van der Waals surface area contributed by atoms with E-state index >= 15 is 0 Å². The molecule has 1 N–H and O–H groups in total. The SMILES string of the molecule is COc1ccc(C(C)O)c(OCc2cc(Br)ccc2F)c1. The zero-order valence-electron chi connectivity index (χ0n) is 11.8. The van der Waals surface area contributed by atoms with Gasteiger partial charge in [0.1, 0.15) is 23.9 Å². The Bertz CT molecular complexity index is 629. The first-order valence-electron chi connectivity index (χ1n) is 6.44. The van der Waals surface area contributed by atoms with Crippen molar-refractivity contribution >= 4 is 15.9 Å². The summed E-state index contributed by atoms with van der Waals surface area (Å²) in [6.07, 6.45) is -0.682. The molecule has 5 heteroatoms. The van der Waals surface area contributed by atoms with Gasteiger partial charge in [0.2, 0.25) is 0 Å². The van der Waals surface area contributed by atoms with Gasteiger partial charge in [-0.2, -0.15) is 0 Å². The van der Waals surface area contributed by atoms with Crippen molar-refractivity contribution in [1.29, 1.82) is 0 Å². The summed E-state index contributed by atoms with van der Waals surface area (Å²) in [6.45, 7) is 1.71. The van der Waals surface area contributed by atoms with E-state index in [4.69, 9.17) is 9.47 Å². The summed E-state index contributed by atoms with van der Waals surface area (Å²) in [4.78, 5) is 0. The van der Waals surface area contributed by atoms with Crippen molar-refractivity contribution in [3.63, 3.8) is 0 Å². The first kappa shape index (κ1) is 15.8. The molecule has 0 aliphatic rings. The van der Waals surface area contributed by atoms with Crippen LogP contribution in [0.3, 0.4) is 0 Å². The largest absolute Gasteiger partial charge is 0.497 e. The average molecular weight is 355 g/mol. The lowest BCUT2D eigenvalue weighted by molar-refractivity contribution is 0.189. The predicted octanol–water partition coefficient (Wildman–Crippen LogP) is 4.23. The monoisotopic (exact) mass is 354 g/mol. The van der Waals surface area contributed by atoms with Crippen LogP contribution in [0.25, 0.3) is 0 Å². The summed E-state index contributed by atoms with van der Waals surface area (Å²) in [6, 6.07) is 9.83. The van der Waals surface area contributed by atoms with Crippen LogP contribution in [0.15, 0.2) is 40.9 Å².